The van der Waals surface area contributed by atoms with Crippen molar-refractivity contribution in [1.29, 1.82) is 0 Å². The largest absolute Gasteiger partial charge is 0.464 e. The van der Waals surface area contributed by atoms with Crippen molar-refractivity contribution >= 4 is 23.2 Å². The average molecular weight is 429 g/mol. The second-order valence-electron chi connectivity index (χ2n) is 6.52. The van der Waals surface area contributed by atoms with E-state index in [1.54, 1.807) is 0 Å². The van der Waals surface area contributed by atoms with Gasteiger partial charge in [0.2, 0.25) is 0 Å². The van der Waals surface area contributed by atoms with Crippen molar-refractivity contribution in [3.63, 3.8) is 0 Å². The lowest BCUT2D eigenvalue weighted by Crippen LogP contribution is -2.21. The molecule has 0 amide bonds. The molecule has 32 heavy (non-hydrogen) atoms. The van der Waals surface area contributed by atoms with Crippen molar-refractivity contribution < 1.29 is 19.2 Å². The van der Waals surface area contributed by atoms with Crippen LogP contribution in [0.3, 0.4) is 0 Å². The molecular weight excluding hydrogens is 410 g/mol. The molecule has 3 rings (SSSR count). The van der Waals surface area contributed by atoms with Gasteiger partial charge in [-0.1, -0.05) is 60.7 Å². The normalized spacial score (nSPS) is 10.7. The zero-order valence-electron chi connectivity index (χ0n) is 17.1. The van der Waals surface area contributed by atoms with E-state index in [4.69, 9.17) is 4.74 Å². The summed E-state index contributed by atoms with van der Waals surface area (Å²) in [5.74, 6) is -1.33. The first-order valence-electron chi connectivity index (χ1n) is 9.53. The summed E-state index contributed by atoms with van der Waals surface area (Å²) in [4.78, 5) is 35.1. The molecule has 3 aromatic rings. The first-order chi connectivity index (χ1) is 15.5. The van der Waals surface area contributed by atoms with Crippen molar-refractivity contribution in [3.8, 4) is 0 Å². The number of rotatable bonds is 8. The first kappa shape index (κ1) is 22.1. The van der Waals surface area contributed by atoms with E-state index in [-0.39, 0.29) is 16.9 Å². The molecule has 160 valence electrons. The van der Waals surface area contributed by atoms with E-state index >= 15 is 0 Å². The highest BCUT2D eigenvalue weighted by molar-refractivity contribution is 6.13. The molecule has 0 spiro atoms. The molecule has 1 N–H and O–H groups in total. The number of hydrogen-bond acceptors (Lipinski definition) is 7. The van der Waals surface area contributed by atoms with Crippen molar-refractivity contribution in [3.05, 3.63) is 124 Å². The number of ketones is 1. The lowest BCUT2D eigenvalue weighted by molar-refractivity contribution is -0.384. The molecule has 0 fully saturated rings. The van der Waals surface area contributed by atoms with Crippen LogP contribution in [0.15, 0.2) is 102 Å². The monoisotopic (exact) mass is 429 g/mol. The molecular formula is C24H19N3O5. The molecule has 8 nitrogen and oxygen atoms in total. The fourth-order valence-electron chi connectivity index (χ4n) is 2.81. The Labute approximate surface area is 184 Å². The molecule has 0 unspecified atom stereocenters. The Kier molecular flexibility index (Phi) is 7.21. The number of nitrogens with one attached hydrogen (secondary N) is 1. The summed E-state index contributed by atoms with van der Waals surface area (Å²) in [5.41, 5.74) is 4.66. The first-order valence-corrected chi connectivity index (χ1v) is 9.53. The average Bonchev–Trinajstić information content (AvgIpc) is 2.84. The minimum absolute atomic E-state index is 0.142. The molecule has 0 aliphatic heterocycles. The number of nitrogens with zero attached hydrogens (tertiary/aromatic N) is 2. The second kappa shape index (κ2) is 10.4. The number of methoxy groups -OCH3 is 1. The highest BCUT2D eigenvalue weighted by Gasteiger charge is 2.15. The third-order valence-electron chi connectivity index (χ3n) is 4.43. The fourth-order valence-corrected chi connectivity index (χ4v) is 2.81. The lowest BCUT2D eigenvalue weighted by atomic mass is 10.0. The summed E-state index contributed by atoms with van der Waals surface area (Å²) in [5, 5.41) is 15.2. The number of nitro benzene ring substituents is 1. The number of nitro groups is 1. The van der Waals surface area contributed by atoms with Gasteiger partial charge in [-0.15, -0.1) is 0 Å². The fraction of sp³-hybridized carbons (Fsp3) is 0.0417. The second-order valence-corrected chi connectivity index (χ2v) is 6.52. The number of hydrogen-bond donors (Lipinski definition) is 1. The lowest BCUT2D eigenvalue weighted by Gasteiger charge is -2.10. The van der Waals surface area contributed by atoms with Crippen LogP contribution in [0.25, 0.3) is 0 Å². The maximum atomic E-state index is 12.6. The number of hydrazone groups is 1. The number of ether oxygens (including phenoxy) is 1. The zero-order valence-corrected chi connectivity index (χ0v) is 17.1. The molecule has 0 heterocycles. The third-order valence-corrected chi connectivity index (χ3v) is 4.43. The quantitative estimate of drug-likeness (QED) is 0.145. The van der Waals surface area contributed by atoms with Gasteiger partial charge in [-0.25, -0.2) is 4.79 Å². The standard InChI is InChI=1S/C24H19N3O5/c1-32-24(29)21(16-22(28)17-12-14-20(15-13-17)27(30)31)25-26-23(18-8-4-2-5-9-18)19-10-6-3-7-11-19/h2-16,25H,1H3. The predicted octanol–water partition coefficient (Wildman–Crippen LogP) is 3.88. The Morgan fingerprint density at radius 3 is 1.88 bits per heavy atom. The Balaban J connectivity index is 1.94. The van der Waals surface area contributed by atoms with Gasteiger partial charge in [-0.2, -0.15) is 5.10 Å². The van der Waals surface area contributed by atoms with Crippen LogP contribution in [-0.4, -0.2) is 29.5 Å². The van der Waals surface area contributed by atoms with Gasteiger partial charge in [-0.05, 0) is 12.1 Å². The summed E-state index contributed by atoms with van der Waals surface area (Å²) in [7, 11) is 1.19. The molecule has 0 aliphatic rings. The van der Waals surface area contributed by atoms with Gasteiger partial charge < -0.3 is 4.74 Å². The van der Waals surface area contributed by atoms with Crippen LogP contribution < -0.4 is 5.43 Å². The SMILES string of the molecule is COC(=O)C(=CC(=O)c1ccc([N+](=O)[O-])cc1)NN=C(c1ccccc1)c1ccccc1. The van der Waals surface area contributed by atoms with E-state index < -0.39 is 16.7 Å². The van der Waals surface area contributed by atoms with Crippen LogP contribution in [-0.2, 0) is 9.53 Å². The van der Waals surface area contributed by atoms with Crippen molar-refractivity contribution in [2.75, 3.05) is 7.11 Å². The maximum absolute atomic E-state index is 12.6. The van der Waals surface area contributed by atoms with Crippen LogP contribution >= 0.6 is 0 Å². The number of allylic oxidation sites excluding steroid dienone is 1. The smallest absolute Gasteiger partial charge is 0.356 e. The number of non-ortho nitro benzene ring substituents is 1. The van der Waals surface area contributed by atoms with Crippen LogP contribution in [0.2, 0.25) is 0 Å². The van der Waals surface area contributed by atoms with Crippen LogP contribution in [0, 0.1) is 10.1 Å². The van der Waals surface area contributed by atoms with Gasteiger partial charge in [0, 0.05) is 34.9 Å². The van der Waals surface area contributed by atoms with Crippen molar-refractivity contribution in [2.45, 2.75) is 0 Å². The van der Waals surface area contributed by atoms with Gasteiger partial charge >= 0.3 is 5.97 Å². The van der Waals surface area contributed by atoms with Crippen molar-refractivity contribution in [2.24, 2.45) is 5.10 Å². The summed E-state index contributed by atoms with van der Waals surface area (Å²) in [6.07, 6.45) is 1.05. The number of carbonyl (C=O) groups excluding carboxylic acids is 2. The number of benzene rings is 3. The molecule has 3 aromatic carbocycles. The van der Waals surface area contributed by atoms with Gasteiger partial charge in [0.1, 0.15) is 5.70 Å². The topological polar surface area (TPSA) is 111 Å². The minimum Gasteiger partial charge on any atom is -0.464 e. The Morgan fingerprint density at radius 1 is 0.875 bits per heavy atom. The molecule has 0 saturated heterocycles. The molecule has 0 bridgehead atoms. The molecule has 0 saturated carbocycles. The van der Waals surface area contributed by atoms with E-state index in [9.17, 15) is 19.7 Å². The zero-order chi connectivity index (χ0) is 22.9. The van der Waals surface area contributed by atoms with Crippen LogP contribution in [0.5, 0.6) is 0 Å². The van der Waals surface area contributed by atoms with E-state index in [1.807, 2.05) is 60.7 Å². The molecule has 0 aliphatic carbocycles. The highest BCUT2D eigenvalue weighted by Crippen LogP contribution is 2.14. The van der Waals surface area contributed by atoms with Crippen LogP contribution in [0.4, 0.5) is 5.69 Å². The van der Waals surface area contributed by atoms with Gasteiger partial charge in [-0.3, -0.25) is 20.3 Å². The van der Waals surface area contributed by atoms with Gasteiger partial charge in [0.25, 0.3) is 5.69 Å². The van der Waals surface area contributed by atoms with E-state index in [0.29, 0.717) is 5.71 Å². The van der Waals surface area contributed by atoms with E-state index in [0.717, 1.165) is 17.2 Å². The molecule has 0 aromatic heterocycles. The highest BCUT2D eigenvalue weighted by atomic mass is 16.6. The third kappa shape index (κ3) is 5.51. The summed E-state index contributed by atoms with van der Waals surface area (Å²) in [6.45, 7) is 0. The van der Waals surface area contributed by atoms with Crippen molar-refractivity contribution in [1.82, 2.24) is 5.43 Å². The van der Waals surface area contributed by atoms with E-state index in [2.05, 4.69) is 10.5 Å². The molecule has 8 heteroatoms. The summed E-state index contributed by atoms with van der Waals surface area (Å²) >= 11 is 0. The van der Waals surface area contributed by atoms with Gasteiger partial charge in [0.05, 0.1) is 17.7 Å². The predicted molar refractivity (Wildman–Crippen MR) is 119 cm³/mol. The summed E-state index contributed by atoms with van der Waals surface area (Å²) < 4.78 is 4.76. The number of carbonyl (C=O) groups is 2. The Bertz CT molecular complexity index is 1130. The summed E-state index contributed by atoms with van der Waals surface area (Å²) in [6, 6.07) is 23.8. The minimum atomic E-state index is -0.788. The Morgan fingerprint density at radius 2 is 1.41 bits per heavy atom. The number of esters is 1. The van der Waals surface area contributed by atoms with Gasteiger partial charge in [0.15, 0.2) is 5.78 Å². The Hall–Kier alpha value is -4.59. The van der Waals surface area contributed by atoms with Crippen LogP contribution in [0.1, 0.15) is 21.5 Å². The van der Waals surface area contributed by atoms with E-state index in [1.165, 1.54) is 31.4 Å². The molecule has 0 atom stereocenters. The molecule has 0 radical (unpaired) electrons. The maximum Gasteiger partial charge on any atom is 0.356 e.